The van der Waals surface area contributed by atoms with Crippen molar-refractivity contribution in [2.45, 2.75) is 51.1 Å². The quantitative estimate of drug-likeness (QED) is 0.767. The highest BCUT2D eigenvalue weighted by Crippen LogP contribution is 2.20. The molecule has 0 spiro atoms. The molecule has 1 aliphatic rings. The summed E-state index contributed by atoms with van der Waals surface area (Å²) in [5.41, 5.74) is 1.17. The van der Waals surface area contributed by atoms with Crippen molar-refractivity contribution in [2.75, 3.05) is 10.6 Å². The van der Waals surface area contributed by atoms with Gasteiger partial charge in [-0.1, -0.05) is 49.4 Å². The van der Waals surface area contributed by atoms with Crippen molar-refractivity contribution in [3.8, 4) is 0 Å². The van der Waals surface area contributed by atoms with E-state index >= 15 is 0 Å². The van der Waals surface area contributed by atoms with Gasteiger partial charge in [-0.25, -0.2) is 4.98 Å². The summed E-state index contributed by atoms with van der Waals surface area (Å²) in [6, 6.07) is 10.2. The molecule has 1 saturated carbocycles. The van der Waals surface area contributed by atoms with Crippen LogP contribution in [0.15, 0.2) is 36.5 Å². The maximum Gasteiger partial charge on any atom is 0.224 e. The van der Waals surface area contributed by atoms with Crippen LogP contribution in [0.25, 0.3) is 0 Å². The van der Waals surface area contributed by atoms with Crippen LogP contribution in [0.4, 0.5) is 11.8 Å². The van der Waals surface area contributed by atoms with Gasteiger partial charge in [0.2, 0.25) is 5.95 Å². The van der Waals surface area contributed by atoms with Gasteiger partial charge in [0, 0.05) is 23.8 Å². The lowest BCUT2D eigenvalue weighted by atomic mass is 10.1. The van der Waals surface area contributed by atoms with E-state index in [4.69, 9.17) is 11.6 Å². The second kappa shape index (κ2) is 8.16. The van der Waals surface area contributed by atoms with Crippen molar-refractivity contribution in [1.82, 2.24) is 9.97 Å². The lowest BCUT2D eigenvalue weighted by Crippen LogP contribution is -2.20. The van der Waals surface area contributed by atoms with E-state index in [-0.39, 0.29) is 0 Å². The predicted octanol–water partition coefficient (Wildman–Crippen LogP) is 4.88. The molecule has 5 heteroatoms. The topological polar surface area (TPSA) is 49.8 Å². The summed E-state index contributed by atoms with van der Waals surface area (Å²) < 4.78 is 0. The molecule has 0 atom stereocenters. The molecule has 0 radical (unpaired) electrons. The molecule has 0 unspecified atom stereocenters. The molecule has 1 heterocycles. The van der Waals surface area contributed by atoms with Gasteiger partial charge in [-0.05, 0) is 36.6 Å². The fourth-order valence-electron chi connectivity index (χ4n) is 2.93. The summed E-state index contributed by atoms with van der Waals surface area (Å²) in [4.78, 5) is 8.92. The lowest BCUT2D eigenvalue weighted by Gasteiger charge is -2.16. The summed E-state index contributed by atoms with van der Waals surface area (Å²) in [6.45, 7) is 0.719. The molecule has 2 aromatic rings. The zero-order valence-corrected chi connectivity index (χ0v) is 14.0. The van der Waals surface area contributed by atoms with E-state index in [0.717, 1.165) is 23.3 Å². The Balaban J connectivity index is 1.57. The third-order valence-corrected chi connectivity index (χ3v) is 4.48. The first-order valence-electron chi connectivity index (χ1n) is 8.37. The third kappa shape index (κ3) is 5.10. The summed E-state index contributed by atoms with van der Waals surface area (Å²) in [7, 11) is 0. The Labute approximate surface area is 142 Å². The molecule has 0 amide bonds. The van der Waals surface area contributed by atoms with Crippen molar-refractivity contribution in [2.24, 2.45) is 0 Å². The summed E-state index contributed by atoms with van der Waals surface area (Å²) in [6.07, 6.45) is 9.52. The fourth-order valence-corrected chi connectivity index (χ4v) is 3.05. The first kappa shape index (κ1) is 16.1. The van der Waals surface area contributed by atoms with E-state index in [1.165, 1.54) is 44.1 Å². The van der Waals surface area contributed by atoms with Gasteiger partial charge >= 0.3 is 0 Å². The molecule has 122 valence electrons. The number of rotatable bonds is 5. The average molecular weight is 331 g/mol. The minimum Gasteiger partial charge on any atom is -0.366 e. The Morgan fingerprint density at radius 1 is 1.00 bits per heavy atom. The highest BCUT2D eigenvalue weighted by atomic mass is 35.5. The van der Waals surface area contributed by atoms with Crippen LogP contribution in [-0.4, -0.2) is 16.0 Å². The maximum absolute atomic E-state index is 5.90. The molecule has 0 aliphatic heterocycles. The van der Waals surface area contributed by atoms with E-state index in [1.807, 2.05) is 30.3 Å². The highest BCUT2D eigenvalue weighted by molar-refractivity contribution is 6.30. The van der Waals surface area contributed by atoms with Crippen LogP contribution in [0.3, 0.4) is 0 Å². The molecular formula is C18H23ClN4. The third-order valence-electron chi connectivity index (χ3n) is 4.23. The van der Waals surface area contributed by atoms with E-state index in [9.17, 15) is 0 Å². The Morgan fingerprint density at radius 3 is 2.48 bits per heavy atom. The van der Waals surface area contributed by atoms with Gasteiger partial charge in [0.05, 0.1) is 0 Å². The van der Waals surface area contributed by atoms with Gasteiger partial charge in [-0.3, -0.25) is 0 Å². The molecule has 2 N–H and O–H groups in total. The van der Waals surface area contributed by atoms with E-state index in [1.54, 1.807) is 6.20 Å². The smallest absolute Gasteiger partial charge is 0.224 e. The lowest BCUT2D eigenvalue weighted by molar-refractivity contribution is 0.615. The van der Waals surface area contributed by atoms with Crippen LogP contribution in [0, 0.1) is 0 Å². The number of hydrogen-bond acceptors (Lipinski definition) is 4. The Bertz CT molecular complexity index is 607. The molecule has 0 saturated heterocycles. The molecule has 1 aromatic carbocycles. The average Bonchev–Trinajstić information content (AvgIpc) is 2.83. The number of aromatic nitrogens is 2. The standard InChI is InChI=1S/C18H23ClN4/c19-15-9-7-14(8-10-15)13-21-17-11-12-20-18(23-17)22-16-5-3-1-2-4-6-16/h7-12,16H,1-6,13H2,(H2,20,21,22,23). The van der Waals surface area contributed by atoms with Crippen molar-refractivity contribution in [3.63, 3.8) is 0 Å². The van der Waals surface area contributed by atoms with Crippen molar-refractivity contribution in [3.05, 3.63) is 47.1 Å². The number of nitrogens with one attached hydrogen (secondary N) is 2. The minimum absolute atomic E-state index is 0.504. The Kier molecular flexibility index (Phi) is 5.70. The van der Waals surface area contributed by atoms with Crippen molar-refractivity contribution in [1.29, 1.82) is 0 Å². The largest absolute Gasteiger partial charge is 0.366 e. The summed E-state index contributed by atoms with van der Waals surface area (Å²) in [5, 5.41) is 7.58. The second-order valence-corrected chi connectivity index (χ2v) is 6.51. The van der Waals surface area contributed by atoms with Crippen LogP contribution < -0.4 is 10.6 Å². The van der Waals surface area contributed by atoms with Crippen LogP contribution in [0.1, 0.15) is 44.1 Å². The van der Waals surface area contributed by atoms with Crippen molar-refractivity contribution < 1.29 is 0 Å². The zero-order chi connectivity index (χ0) is 15.9. The molecule has 1 aliphatic carbocycles. The molecular weight excluding hydrogens is 308 g/mol. The van der Waals surface area contributed by atoms with Crippen molar-refractivity contribution >= 4 is 23.4 Å². The number of halogens is 1. The van der Waals surface area contributed by atoms with Gasteiger partial charge in [0.15, 0.2) is 0 Å². The Morgan fingerprint density at radius 2 is 1.74 bits per heavy atom. The number of nitrogens with zero attached hydrogens (tertiary/aromatic N) is 2. The molecule has 1 aromatic heterocycles. The van der Waals surface area contributed by atoms with E-state index in [0.29, 0.717) is 6.04 Å². The van der Waals surface area contributed by atoms with Gasteiger partial charge < -0.3 is 10.6 Å². The SMILES string of the molecule is Clc1ccc(CNc2ccnc(NC3CCCCCC3)n2)cc1. The Hall–Kier alpha value is -1.81. The summed E-state index contributed by atoms with van der Waals surface area (Å²) in [5.74, 6) is 1.56. The van der Waals surface area contributed by atoms with E-state index < -0.39 is 0 Å². The summed E-state index contributed by atoms with van der Waals surface area (Å²) >= 11 is 5.90. The first-order valence-corrected chi connectivity index (χ1v) is 8.75. The maximum atomic E-state index is 5.90. The predicted molar refractivity (Wildman–Crippen MR) is 95.9 cm³/mol. The minimum atomic E-state index is 0.504. The van der Waals surface area contributed by atoms with Crippen LogP contribution in [-0.2, 0) is 6.54 Å². The first-order chi connectivity index (χ1) is 11.3. The second-order valence-electron chi connectivity index (χ2n) is 6.08. The van der Waals surface area contributed by atoms with Gasteiger partial charge in [0.1, 0.15) is 5.82 Å². The normalized spacial score (nSPS) is 15.9. The van der Waals surface area contributed by atoms with Gasteiger partial charge in [-0.15, -0.1) is 0 Å². The highest BCUT2D eigenvalue weighted by Gasteiger charge is 2.13. The molecule has 1 fully saturated rings. The molecule has 3 rings (SSSR count). The molecule has 23 heavy (non-hydrogen) atoms. The van der Waals surface area contributed by atoms with Gasteiger partial charge in [-0.2, -0.15) is 4.98 Å². The molecule has 4 nitrogen and oxygen atoms in total. The van der Waals surface area contributed by atoms with E-state index in [2.05, 4.69) is 20.6 Å². The monoisotopic (exact) mass is 330 g/mol. The number of hydrogen-bond donors (Lipinski definition) is 2. The van der Waals surface area contributed by atoms with Crippen LogP contribution in [0.2, 0.25) is 5.02 Å². The zero-order valence-electron chi connectivity index (χ0n) is 13.3. The fraction of sp³-hybridized carbons (Fsp3) is 0.444. The van der Waals surface area contributed by atoms with Crippen LogP contribution >= 0.6 is 11.6 Å². The molecule has 0 bridgehead atoms. The number of benzene rings is 1. The number of anilines is 2. The van der Waals surface area contributed by atoms with Crippen LogP contribution in [0.5, 0.6) is 0 Å². The van der Waals surface area contributed by atoms with Gasteiger partial charge in [0.25, 0.3) is 0 Å².